The van der Waals surface area contributed by atoms with Crippen LogP contribution in [0.4, 0.5) is 5.69 Å². The largest absolute Gasteiger partial charge is 0.506 e. The zero-order chi connectivity index (χ0) is 15.8. The Morgan fingerprint density at radius 1 is 1.24 bits per heavy atom. The first-order valence-corrected chi connectivity index (χ1v) is 9.36. The normalized spacial score (nSPS) is 12.4. The number of aromatic hydroxyl groups is 1. The molecule has 0 unspecified atom stereocenters. The zero-order valence-electron chi connectivity index (χ0n) is 11.8. The van der Waals surface area contributed by atoms with Gasteiger partial charge in [0.15, 0.2) is 4.21 Å². The molecule has 2 N–H and O–H groups in total. The Kier molecular flexibility index (Phi) is 4.37. The van der Waals surface area contributed by atoms with Crippen molar-refractivity contribution in [2.45, 2.75) is 30.4 Å². The second-order valence-electron chi connectivity index (χ2n) is 5.64. The van der Waals surface area contributed by atoms with Crippen LogP contribution in [0.2, 0.25) is 0 Å². The third-order valence-corrected chi connectivity index (χ3v) is 6.97. The molecule has 0 saturated carbocycles. The highest BCUT2D eigenvalue weighted by Crippen LogP contribution is 2.34. The fourth-order valence-corrected chi connectivity index (χ4v) is 5.15. The third kappa shape index (κ3) is 3.59. The molecule has 0 aliphatic rings. The van der Waals surface area contributed by atoms with Gasteiger partial charge >= 0.3 is 0 Å². The summed E-state index contributed by atoms with van der Waals surface area (Å²) in [6.45, 7) is 6.06. The van der Waals surface area contributed by atoms with Gasteiger partial charge in [0.05, 0.1) is 5.69 Å². The molecule has 0 amide bonds. The molecule has 0 atom stereocenters. The molecular formula is C14H16BrNO3S2. The number of thiophene rings is 1. The Labute approximate surface area is 137 Å². The molecule has 0 aliphatic heterocycles. The summed E-state index contributed by atoms with van der Waals surface area (Å²) in [6, 6.07) is 6.62. The van der Waals surface area contributed by atoms with Crippen molar-refractivity contribution in [3.05, 3.63) is 39.7 Å². The molecule has 2 rings (SSSR count). The first-order chi connectivity index (χ1) is 9.61. The maximum atomic E-state index is 12.4. The molecule has 1 aromatic carbocycles. The number of nitrogens with one attached hydrogen (secondary N) is 1. The highest BCUT2D eigenvalue weighted by atomic mass is 79.9. The monoisotopic (exact) mass is 389 g/mol. The summed E-state index contributed by atoms with van der Waals surface area (Å²) < 4.78 is 27.8. The third-order valence-electron chi connectivity index (χ3n) is 2.94. The number of phenolic OH excluding ortho intramolecular Hbond substituents is 1. The van der Waals surface area contributed by atoms with Crippen molar-refractivity contribution in [3.63, 3.8) is 0 Å². The molecule has 4 nitrogen and oxygen atoms in total. The van der Waals surface area contributed by atoms with E-state index < -0.39 is 10.0 Å². The van der Waals surface area contributed by atoms with Crippen molar-refractivity contribution in [1.29, 1.82) is 0 Å². The predicted molar refractivity (Wildman–Crippen MR) is 89.6 cm³/mol. The standard InChI is InChI=1S/C14H16BrNO3S2/c1-14(2,3)9-4-5-12(17)11(8-9)16-21(18,19)13-10(15)6-7-20-13/h4-8,16-17H,1-3H3. The molecule has 0 bridgehead atoms. The molecule has 7 heteroatoms. The van der Waals surface area contributed by atoms with Crippen LogP contribution in [0.5, 0.6) is 5.75 Å². The molecule has 0 aliphatic carbocycles. The van der Waals surface area contributed by atoms with Crippen LogP contribution < -0.4 is 4.72 Å². The number of halogens is 1. The topological polar surface area (TPSA) is 66.4 Å². The number of rotatable bonds is 3. The lowest BCUT2D eigenvalue weighted by Gasteiger charge is -2.20. The van der Waals surface area contributed by atoms with Gasteiger partial charge in [-0.05, 0) is 50.5 Å². The van der Waals surface area contributed by atoms with E-state index in [-0.39, 0.29) is 21.1 Å². The Bertz CT molecular complexity index is 761. The molecule has 1 aromatic heterocycles. The minimum atomic E-state index is -3.72. The molecule has 0 radical (unpaired) electrons. The van der Waals surface area contributed by atoms with Crippen LogP contribution in [-0.2, 0) is 15.4 Å². The van der Waals surface area contributed by atoms with Gasteiger partial charge in [-0.25, -0.2) is 8.42 Å². The van der Waals surface area contributed by atoms with Crippen LogP contribution in [0.25, 0.3) is 0 Å². The predicted octanol–water partition coefficient (Wildman–Crippen LogP) is 4.31. The van der Waals surface area contributed by atoms with Gasteiger partial charge in [0.2, 0.25) is 0 Å². The van der Waals surface area contributed by atoms with Gasteiger partial charge in [0, 0.05) is 4.47 Å². The van der Waals surface area contributed by atoms with Gasteiger partial charge in [-0.1, -0.05) is 26.8 Å². The quantitative estimate of drug-likeness (QED) is 0.768. The highest BCUT2D eigenvalue weighted by molar-refractivity contribution is 9.10. The van der Waals surface area contributed by atoms with E-state index in [1.807, 2.05) is 20.8 Å². The summed E-state index contributed by atoms with van der Waals surface area (Å²) in [7, 11) is -3.72. The van der Waals surface area contributed by atoms with Gasteiger partial charge in [0.25, 0.3) is 10.0 Å². The van der Waals surface area contributed by atoms with Gasteiger partial charge < -0.3 is 5.11 Å². The van der Waals surface area contributed by atoms with E-state index in [0.717, 1.165) is 16.9 Å². The number of hydrogen-bond donors (Lipinski definition) is 2. The lowest BCUT2D eigenvalue weighted by Crippen LogP contribution is -2.15. The molecule has 114 valence electrons. The average molecular weight is 390 g/mol. The van der Waals surface area contributed by atoms with E-state index in [4.69, 9.17) is 0 Å². The average Bonchev–Trinajstić information content (AvgIpc) is 2.77. The number of anilines is 1. The molecule has 0 saturated heterocycles. The second-order valence-corrected chi connectivity index (χ2v) is 9.29. The van der Waals surface area contributed by atoms with E-state index in [1.165, 1.54) is 6.07 Å². The fraction of sp³-hybridized carbons (Fsp3) is 0.286. The Balaban J connectivity index is 2.42. The second kappa shape index (κ2) is 5.62. The van der Waals surface area contributed by atoms with Gasteiger partial charge in [-0.3, -0.25) is 4.72 Å². The zero-order valence-corrected chi connectivity index (χ0v) is 15.1. The molecule has 0 fully saturated rings. The lowest BCUT2D eigenvalue weighted by atomic mass is 9.87. The van der Waals surface area contributed by atoms with Crippen molar-refractivity contribution in [1.82, 2.24) is 0 Å². The Hall–Kier alpha value is -1.05. The van der Waals surface area contributed by atoms with Crippen molar-refractivity contribution < 1.29 is 13.5 Å². The minimum absolute atomic E-state index is 0.0979. The Morgan fingerprint density at radius 2 is 1.90 bits per heavy atom. The maximum absolute atomic E-state index is 12.4. The van der Waals surface area contributed by atoms with Gasteiger partial charge in [-0.15, -0.1) is 11.3 Å². The summed E-state index contributed by atoms with van der Waals surface area (Å²) in [5, 5.41) is 11.6. The Morgan fingerprint density at radius 3 is 2.43 bits per heavy atom. The molecular weight excluding hydrogens is 374 g/mol. The van der Waals surface area contributed by atoms with E-state index in [9.17, 15) is 13.5 Å². The van der Waals surface area contributed by atoms with Crippen LogP contribution in [0.3, 0.4) is 0 Å². The molecule has 2 aromatic rings. The maximum Gasteiger partial charge on any atom is 0.272 e. The van der Waals surface area contributed by atoms with E-state index in [1.54, 1.807) is 23.6 Å². The number of sulfonamides is 1. The summed E-state index contributed by atoms with van der Waals surface area (Å²) in [5.41, 5.74) is 0.975. The number of hydrogen-bond acceptors (Lipinski definition) is 4. The molecule has 0 spiro atoms. The number of phenols is 1. The van der Waals surface area contributed by atoms with E-state index >= 15 is 0 Å². The highest BCUT2D eigenvalue weighted by Gasteiger charge is 2.22. The van der Waals surface area contributed by atoms with Crippen molar-refractivity contribution >= 4 is 43.0 Å². The number of benzene rings is 1. The summed E-state index contributed by atoms with van der Waals surface area (Å²) in [6.07, 6.45) is 0. The van der Waals surface area contributed by atoms with Crippen LogP contribution in [-0.4, -0.2) is 13.5 Å². The van der Waals surface area contributed by atoms with Crippen LogP contribution in [0, 0.1) is 0 Å². The fourth-order valence-electron chi connectivity index (χ4n) is 1.75. The van der Waals surface area contributed by atoms with Crippen LogP contribution >= 0.6 is 27.3 Å². The smallest absolute Gasteiger partial charge is 0.272 e. The van der Waals surface area contributed by atoms with Crippen LogP contribution in [0.1, 0.15) is 26.3 Å². The summed E-state index contributed by atoms with van der Waals surface area (Å²) >= 11 is 4.32. The molecule has 21 heavy (non-hydrogen) atoms. The summed E-state index contributed by atoms with van der Waals surface area (Å²) in [5.74, 6) is -0.0979. The summed E-state index contributed by atoms with van der Waals surface area (Å²) in [4.78, 5) is 0. The van der Waals surface area contributed by atoms with Crippen molar-refractivity contribution in [2.24, 2.45) is 0 Å². The first kappa shape index (κ1) is 16.3. The minimum Gasteiger partial charge on any atom is -0.506 e. The van der Waals surface area contributed by atoms with Crippen LogP contribution in [0.15, 0.2) is 38.3 Å². The first-order valence-electron chi connectivity index (χ1n) is 6.20. The van der Waals surface area contributed by atoms with Gasteiger partial charge in [0.1, 0.15) is 5.75 Å². The molecule has 1 heterocycles. The van der Waals surface area contributed by atoms with Crippen molar-refractivity contribution in [3.8, 4) is 5.75 Å². The van der Waals surface area contributed by atoms with E-state index in [0.29, 0.717) is 4.47 Å². The lowest BCUT2D eigenvalue weighted by molar-refractivity contribution is 0.476. The van der Waals surface area contributed by atoms with Gasteiger partial charge in [-0.2, -0.15) is 0 Å². The van der Waals surface area contributed by atoms with Crippen molar-refractivity contribution in [2.75, 3.05) is 4.72 Å². The van der Waals surface area contributed by atoms with E-state index in [2.05, 4.69) is 20.7 Å². The SMILES string of the molecule is CC(C)(C)c1ccc(O)c(NS(=O)(=O)c2sccc2Br)c1.